The van der Waals surface area contributed by atoms with Gasteiger partial charge in [-0.25, -0.2) is 0 Å². The standard InChI is InChI=1S/C16H24N6O3/c1-11-7-16(25-19-11)18-15(23)10-21(3)13-5-4-6-22(8-13)9-14-17-12(2)24-20-14/h7,13H,4-6,8-10H2,1-3H3,(H,18,23)/t13-/m0/s1. The molecule has 1 amide bonds. The van der Waals surface area contributed by atoms with E-state index in [9.17, 15) is 4.79 Å². The molecule has 25 heavy (non-hydrogen) atoms. The molecule has 2 aromatic heterocycles. The van der Waals surface area contributed by atoms with Crippen molar-refractivity contribution in [1.29, 1.82) is 0 Å². The van der Waals surface area contributed by atoms with Gasteiger partial charge in [-0.15, -0.1) is 0 Å². The van der Waals surface area contributed by atoms with Crippen LogP contribution in [0.3, 0.4) is 0 Å². The number of amides is 1. The minimum atomic E-state index is -0.107. The molecule has 2 aromatic rings. The smallest absolute Gasteiger partial charge is 0.240 e. The Kier molecular flexibility index (Phi) is 5.44. The van der Waals surface area contributed by atoms with Crippen molar-refractivity contribution in [1.82, 2.24) is 25.1 Å². The second kappa shape index (κ2) is 7.75. The van der Waals surface area contributed by atoms with Crippen LogP contribution in [-0.2, 0) is 11.3 Å². The van der Waals surface area contributed by atoms with Gasteiger partial charge in [-0.3, -0.25) is 19.9 Å². The Balaban J connectivity index is 1.49. The number of carbonyl (C=O) groups is 1. The minimum Gasteiger partial charge on any atom is -0.340 e. The molecule has 136 valence electrons. The predicted octanol–water partition coefficient (Wildman–Crippen LogP) is 1.21. The first-order chi connectivity index (χ1) is 12.0. The number of aromatic nitrogens is 3. The number of anilines is 1. The van der Waals surface area contributed by atoms with Gasteiger partial charge < -0.3 is 9.05 Å². The highest BCUT2D eigenvalue weighted by Crippen LogP contribution is 2.17. The van der Waals surface area contributed by atoms with Gasteiger partial charge >= 0.3 is 0 Å². The van der Waals surface area contributed by atoms with Crippen LogP contribution >= 0.6 is 0 Å². The fraction of sp³-hybridized carbons (Fsp3) is 0.625. The van der Waals surface area contributed by atoms with Crippen molar-refractivity contribution in [2.45, 2.75) is 39.3 Å². The number of nitrogens with zero attached hydrogens (tertiary/aromatic N) is 5. The van der Waals surface area contributed by atoms with Gasteiger partial charge in [-0.2, -0.15) is 4.98 Å². The lowest BCUT2D eigenvalue weighted by Crippen LogP contribution is -2.48. The Bertz CT molecular complexity index is 712. The highest BCUT2D eigenvalue weighted by Gasteiger charge is 2.25. The first-order valence-electron chi connectivity index (χ1n) is 8.44. The summed E-state index contributed by atoms with van der Waals surface area (Å²) >= 11 is 0. The number of rotatable bonds is 6. The number of likely N-dealkylation sites (N-methyl/N-ethyl adjacent to an activating group) is 1. The number of hydrogen-bond donors (Lipinski definition) is 1. The van der Waals surface area contributed by atoms with Crippen LogP contribution in [0.15, 0.2) is 15.1 Å². The zero-order chi connectivity index (χ0) is 17.8. The van der Waals surface area contributed by atoms with Crippen LogP contribution in [0.2, 0.25) is 0 Å². The molecule has 3 rings (SSSR count). The average Bonchev–Trinajstić information content (AvgIpc) is 3.15. The second-order valence-corrected chi connectivity index (χ2v) is 6.56. The Hall–Kier alpha value is -2.26. The van der Waals surface area contributed by atoms with Crippen LogP contribution in [0.1, 0.15) is 30.3 Å². The number of carbonyl (C=O) groups excluding carboxylic acids is 1. The number of aryl methyl sites for hydroxylation is 2. The van der Waals surface area contributed by atoms with Crippen molar-refractivity contribution < 1.29 is 13.8 Å². The highest BCUT2D eigenvalue weighted by atomic mass is 16.5. The van der Waals surface area contributed by atoms with Crippen molar-refractivity contribution in [3.8, 4) is 0 Å². The average molecular weight is 348 g/mol. The summed E-state index contributed by atoms with van der Waals surface area (Å²) in [6, 6.07) is 2.01. The third-order valence-electron chi connectivity index (χ3n) is 4.32. The number of likely N-dealkylation sites (tertiary alicyclic amines) is 1. The molecule has 1 N–H and O–H groups in total. The Morgan fingerprint density at radius 1 is 1.40 bits per heavy atom. The van der Waals surface area contributed by atoms with Gasteiger partial charge in [0.1, 0.15) is 0 Å². The van der Waals surface area contributed by atoms with Gasteiger partial charge in [0.2, 0.25) is 17.7 Å². The molecular formula is C16H24N6O3. The van der Waals surface area contributed by atoms with Crippen LogP contribution in [0.5, 0.6) is 0 Å². The molecule has 1 atom stereocenters. The van der Waals surface area contributed by atoms with Crippen LogP contribution in [-0.4, -0.2) is 63.7 Å². The molecule has 0 spiro atoms. The first kappa shape index (κ1) is 17.6. The molecule has 3 heterocycles. The van der Waals surface area contributed by atoms with Crippen LogP contribution in [0, 0.1) is 13.8 Å². The summed E-state index contributed by atoms with van der Waals surface area (Å²) in [7, 11) is 1.97. The molecule has 1 aliphatic rings. The highest BCUT2D eigenvalue weighted by molar-refractivity contribution is 5.90. The topological polar surface area (TPSA) is 101 Å². The van der Waals surface area contributed by atoms with Crippen LogP contribution in [0.4, 0.5) is 5.88 Å². The van der Waals surface area contributed by atoms with E-state index < -0.39 is 0 Å². The number of nitrogens with one attached hydrogen (secondary N) is 1. The van der Waals surface area contributed by atoms with Gasteiger partial charge in [-0.05, 0) is 33.4 Å². The van der Waals surface area contributed by atoms with Crippen molar-refractivity contribution in [2.24, 2.45) is 0 Å². The zero-order valence-electron chi connectivity index (χ0n) is 14.9. The summed E-state index contributed by atoms with van der Waals surface area (Å²) < 4.78 is 10.0. The predicted molar refractivity (Wildman–Crippen MR) is 89.8 cm³/mol. The summed E-state index contributed by atoms with van der Waals surface area (Å²) in [5.74, 6) is 1.57. The summed E-state index contributed by atoms with van der Waals surface area (Å²) in [4.78, 5) is 20.8. The van der Waals surface area contributed by atoms with Crippen molar-refractivity contribution in [3.63, 3.8) is 0 Å². The van der Waals surface area contributed by atoms with Crippen molar-refractivity contribution in [2.75, 3.05) is 32.0 Å². The maximum atomic E-state index is 12.2. The molecule has 9 heteroatoms. The third kappa shape index (κ3) is 4.86. The molecule has 1 fully saturated rings. The fourth-order valence-corrected chi connectivity index (χ4v) is 3.10. The summed E-state index contributed by atoms with van der Waals surface area (Å²) in [5.41, 5.74) is 0.739. The number of hydrogen-bond acceptors (Lipinski definition) is 8. The van der Waals surface area contributed by atoms with E-state index in [4.69, 9.17) is 9.05 Å². The Labute approximate surface area is 146 Å². The molecular weight excluding hydrogens is 324 g/mol. The van der Waals surface area contributed by atoms with E-state index in [0.29, 0.717) is 36.7 Å². The maximum absolute atomic E-state index is 12.2. The van der Waals surface area contributed by atoms with Gasteiger partial charge in [0.25, 0.3) is 0 Å². The Morgan fingerprint density at radius 2 is 2.24 bits per heavy atom. The molecule has 0 aliphatic carbocycles. The lowest BCUT2D eigenvalue weighted by atomic mass is 10.0. The minimum absolute atomic E-state index is 0.107. The lowest BCUT2D eigenvalue weighted by molar-refractivity contribution is -0.117. The Morgan fingerprint density at radius 3 is 2.92 bits per heavy atom. The lowest BCUT2D eigenvalue weighted by Gasteiger charge is -2.36. The molecule has 0 unspecified atom stereocenters. The van der Waals surface area contributed by atoms with Crippen LogP contribution in [0.25, 0.3) is 0 Å². The van der Waals surface area contributed by atoms with E-state index in [1.807, 2.05) is 14.0 Å². The van der Waals surface area contributed by atoms with Gasteiger partial charge in [0.15, 0.2) is 5.82 Å². The van der Waals surface area contributed by atoms with Crippen LogP contribution < -0.4 is 5.32 Å². The maximum Gasteiger partial charge on any atom is 0.240 e. The first-order valence-corrected chi connectivity index (χ1v) is 8.44. The van der Waals surface area contributed by atoms with Gasteiger partial charge in [0, 0.05) is 25.6 Å². The molecule has 0 aromatic carbocycles. The second-order valence-electron chi connectivity index (χ2n) is 6.56. The van der Waals surface area contributed by atoms with E-state index in [1.165, 1.54) is 0 Å². The quantitative estimate of drug-likeness (QED) is 0.831. The van der Waals surface area contributed by atoms with E-state index in [2.05, 4.69) is 30.4 Å². The summed E-state index contributed by atoms with van der Waals surface area (Å²) in [6.07, 6.45) is 2.14. The summed E-state index contributed by atoms with van der Waals surface area (Å²) in [5, 5.41) is 10.4. The van der Waals surface area contributed by atoms with Gasteiger partial charge in [-0.1, -0.05) is 10.3 Å². The zero-order valence-corrected chi connectivity index (χ0v) is 14.9. The van der Waals surface area contributed by atoms with Crippen molar-refractivity contribution >= 4 is 11.8 Å². The van der Waals surface area contributed by atoms with E-state index >= 15 is 0 Å². The van der Waals surface area contributed by atoms with E-state index in [0.717, 1.165) is 31.6 Å². The molecule has 0 saturated carbocycles. The van der Waals surface area contributed by atoms with Crippen molar-refractivity contribution in [3.05, 3.63) is 23.5 Å². The molecule has 1 aliphatic heterocycles. The normalized spacial score (nSPS) is 18.6. The molecule has 9 nitrogen and oxygen atoms in total. The summed E-state index contributed by atoms with van der Waals surface area (Å²) in [6.45, 7) is 6.45. The molecule has 0 bridgehead atoms. The van der Waals surface area contributed by atoms with E-state index in [-0.39, 0.29) is 5.91 Å². The molecule has 1 saturated heterocycles. The monoisotopic (exact) mass is 348 g/mol. The number of piperidine rings is 1. The van der Waals surface area contributed by atoms with Gasteiger partial charge in [0.05, 0.1) is 18.8 Å². The largest absolute Gasteiger partial charge is 0.340 e. The molecule has 0 radical (unpaired) electrons. The fourth-order valence-electron chi connectivity index (χ4n) is 3.10. The van der Waals surface area contributed by atoms with E-state index in [1.54, 1.807) is 13.0 Å². The third-order valence-corrected chi connectivity index (χ3v) is 4.32. The SMILES string of the molecule is Cc1cc(NC(=O)CN(C)[C@H]2CCCN(Cc3noc(C)n3)C2)on1.